The number of likely N-dealkylation sites (tertiary alicyclic amines) is 1. The lowest BCUT2D eigenvalue weighted by Gasteiger charge is -2.18. The van der Waals surface area contributed by atoms with Crippen LogP contribution < -0.4 is 10.6 Å². The van der Waals surface area contributed by atoms with Crippen molar-refractivity contribution < 1.29 is 0 Å². The summed E-state index contributed by atoms with van der Waals surface area (Å²) < 4.78 is 0. The van der Waals surface area contributed by atoms with Crippen LogP contribution in [0, 0.1) is 5.92 Å². The van der Waals surface area contributed by atoms with E-state index in [1.807, 2.05) is 18.8 Å². The predicted molar refractivity (Wildman–Crippen MR) is 96.7 cm³/mol. The number of hydrogen-bond acceptors (Lipinski definition) is 3. The molecule has 0 aromatic heterocycles. The summed E-state index contributed by atoms with van der Waals surface area (Å²) in [5.41, 5.74) is 0. The van der Waals surface area contributed by atoms with Crippen LogP contribution in [0.5, 0.6) is 0 Å². The molecule has 4 nitrogen and oxygen atoms in total. The maximum Gasteiger partial charge on any atom is 0.191 e. The first-order chi connectivity index (χ1) is 10.7. The van der Waals surface area contributed by atoms with Crippen molar-refractivity contribution in [1.29, 1.82) is 0 Å². The van der Waals surface area contributed by atoms with Crippen LogP contribution in [-0.4, -0.2) is 56.4 Å². The summed E-state index contributed by atoms with van der Waals surface area (Å²) in [6.45, 7) is 6.55. The first-order valence-corrected chi connectivity index (χ1v) is 8.90. The van der Waals surface area contributed by atoms with Crippen molar-refractivity contribution in [3.8, 4) is 0 Å². The largest absolute Gasteiger partial charge is 0.356 e. The first kappa shape index (κ1) is 17.2. The van der Waals surface area contributed by atoms with Crippen molar-refractivity contribution in [2.24, 2.45) is 10.9 Å². The number of aliphatic imine (C=N–C) groups is 1. The molecule has 2 rings (SSSR count). The molecule has 0 radical (unpaired) electrons. The average Bonchev–Trinajstić information content (AvgIpc) is 2.94. The molecule has 2 atom stereocenters. The van der Waals surface area contributed by atoms with Gasteiger partial charge in [0.2, 0.25) is 0 Å². The summed E-state index contributed by atoms with van der Waals surface area (Å²) >= 11 is 1.89. The van der Waals surface area contributed by atoms with Crippen LogP contribution in [0.1, 0.15) is 13.3 Å². The molecule has 5 heteroatoms. The summed E-state index contributed by atoms with van der Waals surface area (Å²) in [6, 6.07) is 10.5. The van der Waals surface area contributed by atoms with Crippen molar-refractivity contribution in [3.05, 3.63) is 30.3 Å². The Morgan fingerprint density at radius 1 is 1.36 bits per heavy atom. The molecule has 1 aromatic carbocycles. The fourth-order valence-corrected chi connectivity index (χ4v) is 3.61. The Bertz CT molecular complexity index is 463. The summed E-state index contributed by atoms with van der Waals surface area (Å²) in [6.07, 6.45) is 1.28. The molecule has 0 saturated carbocycles. The molecule has 2 unspecified atom stereocenters. The zero-order valence-electron chi connectivity index (χ0n) is 13.9. The average molecular weight is 321 g/mol. The van der Waals surface area contributed by atoms with Gasteiger partial charge >= 0.3 is 0 Å². The quantitative estimate of drug-likeness (QED) is 0.479. The lowest BCUT2D eigenvalue weighted by atomic mass is 10.1. The fourth-order valence-electron chi connectivity index (χ4n) is 2.67. The molecule has 2 N–H and O–H groups in total. The second kappa shape index (κ2) is 9.06. The van der Waals surface area contributed by atoms with Gasteiger partial charge in [-0.1, -0.05) is 25.1 Å². The standard InChI is InChI=1S/C17H28N4S/c1-14(22-16-7-5-4-6-8-16)11-19-17(18-2)20-12-15-9-10-21(3)13-15/h4-8,14-15H,9-13H2,1-3H3,(H2,18,19,20). The van der Waals surface area contributed by atoms with Gasteiger partial charge in [-0.2, -0.15) is 0 Å². The Kier molecular flexibility index (Phi) is 7.06. The van der Waals surface area contributed by atoms with Gasteiger partial charge in [0.05, 0.1) is 0 Å². The second-order valence-corrected chi connectivity index (χ2v) is 7.50. The Hall–Kier alpha value is -1.20. The molecule has 1 aliphatic heterocycles. The molecular weight excluding hydrogens is 292 g/mol. The molecule has 0 amide bonds. The van der Waals surface area contributed by atoms with Crippen LogP contribution in [-0.2, 0) is 0 Å². The molecule has 0 spiro atoms. The van der Waals surface area contributed by atoms with E-state index in [0.29, 0.717) is 5.25 Å². The van der Waals surface area contributed by atoms with Gasteiger partial charge in [0.1, 0.15) is 0 Å². The minimum Gasteiger partial charge on any atom is -0.356 e. The maximum absolute atomic E-state index is 4.32. The van der Waals surface area contributed by atoms with Gasteiger partial charge in [-0.25, -0.2) is 0 Å². The Morgan fingerprint density at radius 2 is 2.14 bits per heavy atom. The highest BCUT2D eigenvalue weighted by Gasteiger charge is 2.19. The highest BCUT2D eigenvalue weighted by Crippen LogP contribution is 2.21. The maximum atomic E-state index is 4.32. The van der Waals surface area contributed by atoms with Gasteiger partial charge in [0.25, 0.3) is 0 Å². The second-order valence-electron chi connectivity index (χ2n) is 5.99. The van der Waals surface area contributed by atoms with Crippen molar-refractivity contribution >= 4 is 17.7 Å². The fraction of sp³-hybridized carbons (Fsp3) is 0.588. The number of nitrogens with zero attached hydrogens (tertiary/aromatic N) is 2. The summed E-state index contributed by atoms with van der Waals surface area (Å²) in [4.78, 5) is 8.02. The van der Waals surface area contributed by atoms with Gasteiger partial charge < -0.3 is 15.5 Å². The molecule has 0 bridgehead atoms. The molecule has 1 aromatic rings. The van der Waals surface area contributed by atoms with Crippen LogP contribution in [0.4, 0.5) is 0 Å². The summed E-state index contributed by atoms with van der Waals surface area (Å²) in [5.74, 6) is 1.65. The lowest BCUT2D eigenvalue weighted by Crippen LogP contribution is -2.42. The van der Waals surface area contributed by atoms with Crippen LogP contribution in [0.25, 0.3) is 0 Å². The van der Waals surface area contributed by atoms with E-state index in [9.17, 15) is 0 Å². The summed E-state index contributed by atoms with van der Waals surface area (Å²) in [5, 5.41) is 7.38. The number of guanidine groups is 1. The lowest BCUT2D eigenvalue weighted by molar-refractivity contribution is 0.394. The van der Waals surface area contributed by atoms with E-state index in [2.05, 4.69) is 64.8 Å². The third kappa shape index (κ3) is 5.89. The molecular formula is C17H28N4S. The first-order valence-electron chi connectivity index (χ1n) is 8.02. The van der Waals surface area contributed by atoms with E-state index in [1.165, 1.54) is 24.4 Å². The monoisotopic (exact) mass is 320 g/mol. The minimum atomic E-state index is 0.499. The third-order valence-corrected chi connectivity index (χ3v) is 5.02. The van der Waals surface area contributed by atoms with E-state index >= 15 is 0 Å². The molecule has 1 fully saturated rings. The number of nitrogens with one attached hydrogen (secondary N) is 2. The van der Waals surface area contributed by atoms with E-state index in [0.717, 1.165) is 25.0 Å². The summed E-state index contributed by atoms with van der Waals surface area (Å²) in [7, 11) is 4.03. The molecule has 1 saturated heterocycles. The van der Waals surface area contributed by atoms with Crippen molar-refractivity contribution in [2.45, 2.75) is 23.5 Å². The van der Waals surface area contributed by atoms with Crippen LogP contribution in [0.2, 0.25) is 0 Å². The number of rotatable bonds is 6. The van der Waals surface area contributed by atoms with Gasteiger partial charge in [-0.3, -0.25) is 4.99 Å². The SMILES string of the molecule is CN=C(NCC1CCN(C)C1)NCC(C)Sc1ccccc1. The van der Waals surface area contributed by atoms with Gasteiger partial charge in [-0.15, -0.1) is 11.8 Å². The smallest absolute Gasteiger partial charge is 0.191 e. The zero-order valence-corrected chi connectivity index (χ0v) is 14.7. The minimum absolute atomic E-state index is 0.499. The van der Waals surface area contributed by atoms with Gasteiger partial charge in [-0.05, 0) is 38.1 Å². The van der Waals surface area contributed by atoms with Crippen LogP contribution >= 0.6 is 11.8 Å². The predicted octanol–water partition coefficient (Wildman–Crippen LogP) is 2.28. The van der Waals surface area contributed by atoms with Crippen LogP contribution in [0.15, 0.2) is 40.2 Å². The Labute approximate surface area is 138 Å². The van der Waals surface area contributed by atoms with Crippen molar-refractivity contribution in [2.75, 3.05) is 40.3 Å². The molecule has 22 heavy (non-hydrogen) atoms. The molecule has 1 aliphatic rings. The highest BCUT2D eigenvalue weighted by molar-refractivity contribution is 8.00. The molecule has 0 aliphatic carbocycles. The number of benzene rings is 1. The van der Waals surface area contributed by atoms with Gasteiger partial charge in [0.15, 0.2) is 5.96 Å². The van der Waals surface area contributed by atoms with Crippen molar-refractivity contribution in [1.82, 2.24) is 15.5 Å². The normalized spacial score (nSPS) is 20.9. The van der Waals surface area contributed by atoms with E-state index in [4.69, 9.17) is 0 Å². The van der Waals surface area contributed by atoms with Crippen molar-refractivity contribution in [3.63, 3.8) is 0 Å². The topological polar surface area (TPSA) is 39.7 Å². The van der Waals surface area contributed by atoms with Crippen LogP contribution in [0.3, 0.4) is 0 Å². The Balaban J connectivity index is 1.67. The van der Waals surface area contributed by atoms with E-state index in [-0.39, 0.29) is 0 Å². The third-order valence-electron chi connectivity index (χ3n) is 3.91. The molecule has 1 heterocycles. The Morgan fingerprint density at radius 3 is 2.77 bits per heavy atom. The van der Waals surface area contributed by atoms with E-state index < -0.39 is 0 Å². The highest BCUT2D eigenvalue weighted by atomic mass is 32.2. The molecule has 122 valence electrons. The number of thioether (sulfide) groups is 1. The van der Waals surface area contributed by atoms with E-state index in [1.54, 1.807) is 0 Å². The zero-order chi connectivity index (χ0) is 15.8. The van der Waals surface area contributed by atoms with Gasteiger partial charge in [0, 0.05) is 36.8 Å². The number of hydrogen-bond donors (Lipinski definition) is 2.